The van der Waals surface area contributed by atoms with Crippen molar-refractivity contribution in [2.45, 2.75) is 6.54 Å². The predicted octanol–water partition coefficient (Wildman–Crippen LogP) is 4.25. The van der Waals surface area contributed by atoms with Gasteiger partial charge in [0.25, 0.3) is 0 Å². The van der Waals surface area contributed by atoms with Crippen LogP contribution in [0.4, 0.5) is 0 Å². The normalized spacial score (nSPS) is 14.7. The average Bonchev–Trinajstić information content (AvgIpc) is 3.18. The Bertz CT molecular complexity index is 1260. The third-order valence-corrected chi connectivity index (χ3v) is 6.07. The smallest absolute Gasteiger partial charge is 0.248 e. The number of pyridine rings is 1. The molecule has 4 aromatic rings. The Balaban J connectivity index is 1.60. The maximum Gasteiger partial charge on any atom is 0.248 e. The number of fused-ring (bicyclic) bond motifs is 1. The van der Waals surface area contributed by atoms with Gasteiger partial charge in [0, 0.05) is 42.0 Å². The van der Waals surface area contributed by atoms with E-state index in [1.807, 2.05) is 48.5 Å². The topological polar surface area (TPSA) is 72.9 Å². The Morgan fingerprint density at radius 1 is 0.938 bits per heavy atom. The molecule has 6 nitrogen and oxygen atoms in total. The van der Waals surface area contributed by atoms with Crippen LogP contribution in [-0.4, -0.2) is 46.5 Å². The lowest BCUT2D eigenvalue weighted by molar-refractivity contribution is 0.0336. The lowest BCUT2D eigenvalue weighted by Crippen LogP contribution is -2.36. The van der Waals surface area contributed by atoms with Gasteiger partial charge in [-0.05, 0) is 47.5 Å². The van der Waals surface area contributed by atoms with Gasteiger partial charge in [-0.2, -0.15) is 0 Å². The molecule has 32 heavy (non-hydrogen) atoms. The van der Waals surface area contributed by atoms with Crippen molar-refractivity contribution >= 4 is 23.2 Å². The number of hydrogen-bond acceptors (Lipinski definition) is 4. The quantitative estimate of drug-likeness (QED) is 0.497. The molecule has 1 amide bonds. The van der Waals surface area contributed by atoms with E-state index in [4.69, 9.17) is 27.1 Å². The number of primary amides is 1. The van der Waals surface area contributed by atoms with E-state index in [1.165, 1.54) is 0 Å². The zero-order chi connectivity index (χ0) is 22.1. The van der Waals surface area contributed by atoms with Crippen molar-refractivity contribution in [1.82, 2.24) is 14.3 Å². The summed E-state index contributed by atoms with van der Waals surface area (Å²) in [6, 6.07) is 19.2. The van der Waals surface area contributed by atoms with Crippen molar-refractivity contribution in [3.05, 3.63) is 83.1 Å². The minimum Gasteiger partial charge on any atom is -0.379 e. The highest BCUT2D eigenvalue weighted by molar-refractivity contribution is 6.30. The molecule has 1 aliphatic rings. The van der Waals surface area contributed by atoms with Crippen LogP contribution >= 0.6 is 11.6 Å². The summed E-state index contributed by atoms with van der Waals surface area (Å²) in [7, 11) is 0. The maximum atomic E-state index is 11.4. The number of aromatic nitrogens is 2. The molecule has 0 spiro atoms. The summed E-state index contributed by atoms with van der Waals surface area (Å²) < 4.78 is 7.69. The van der Waals surface area contributed by atoms with Gasteiger partial charge >= 0.3 is 0 Å². The second kappa shape index (κ2) is 8.74. The third kappa shape index (κ3) is 4.12. The van der Waals surface area contributed by atoms with Crippen LogP contribution in [0.1, 0.15) is 16.1 Å². The first kappa shape index (κ1) is 20.7. The highest BCUT2D eigenvalue weighted by atomic mass is 35.5. The number of halogens is 1. The van der Waals surface area contributed by atoms with E-state index in [1.54, 1.807) is 12.1 Å². The van der Waals surface area contributed by atoms with Crippen LogP contribution in [0.5, 0.6) is 0 Å². The molecule has 5 rings (SSSR count). The number of imidazole rings is 1. The van der Waals surface area contributed by atoms with Crippen molar-refractivity contribution in [3.63, 3.8) is 0 Å². The van der Waals surface area contributed by atoms with E-state index in [2.05, 4.69) is 15.5 Å². The van der Waals surface area contributed by atoms with E-state index >= 15 is 0 Å². The Labute approximate surface area is 191 Å². The van der Waals surface area contributed by atoms with E-state index < -0.39 is 5.91 Å². The van der Waals surface area contributed by atoms with Crippen molar-refractivity contribution in [3.8, 4) is 22.4 Å². The zero-order valence-corrected chi connectivity index (χ0v) is 18.3. The molecule has 2 aromatic heterocycles. The number of amides is 1. The van der Waals surface area contributed by atoms with Gasteiger partial charge in [0.15, 0.2) is 0 Å². The number of morpholine rings is 1. The lowest BCUT2D eigenvalue weighted by Gasteiger charge is -2.26. The predicted molar refractivity (Wildman–Crippen MR) is 126 cm³/mol. The number of carbonyl (C=O) groups excluding carboxylic acids is 1. The Morgan fingerprint density at radius 3 is 2.28 bits per heavy atom. The highest BCUT2D eigenvalue weighted by Gasteiger charge is 2.19. The average molecular weight is 447 g/mol. The summed E-state index contributed by atoms with van der Waals surface area (Å²) in [6.07, 6.45) is 2.11. The Morgan fingerprint density at radius 2 is 1.59 bits per heavy atom. The fraction of sp³-hybridized carbons (Fsp3) is 0.200. The van der Waals surface area contributed by atoms with Crippen molar-refractivity contribution in [1.29, 1.82) is 0 Å². The molecule has 0 bridgehead atoms. The molecule has 0 aliphatic carbocycles. The molecular weight excluding hydrogens is 424 g/mol. The molecule has 0 unspecified atom stereocenters. The van der Waals surface area contributed by atoms with Crippen LogP contribution in [0.15, 0.2) is 66.9 Å². The zero-order valence-electron chi connectivity index (χ0n) is 17.5. The number of nitrogens with zero attached hydrogens (tertiary/aromatic N) is 3. The summed E-state index contributed by atoms with van der Waals surface area (Å²) in [4.78, 5) is 18.7. The van der Waals surface area contributed by atoms with Gasteiger partial charge in [-0.15, -0.1) is 0 Å². The number of rotatable bonds is 5. The standard InChI is InChI=1S/C25H23ClN4O2/c26-21-8-5-18(6-9-21)24-22(16-29-11-13-32-14-12-29)30-15-20(7-10-23(30)28-24)17-1-3-19(4-2-17)25(27)31/h1-10,15H,11-14,16H2,(H2,27,31). The largest absolute Gasteiger partial charge is 0.379 e. The van der Waals surface area contributed by atoms with Crippen molar-refractivity contribution in [2.24, 2.45) is 5.73 Å². The van der Waals surface area contributed by atoms with Crippen LogP contribution in [0.25, 0.3) is 28.0 Å². The molecule has 3 heterocycles. The van der Waals surface area contributed by atoms with E-state index in [-0.39, 0.29) is 0 Å². The molecule has 1 fully saturated rings. The number of carbonyl (C=O) groups is 1. The highest BCUT2D eigenvalue weighted by Crippen LogP contribution is 2.29. The first-order valence-electron chi connectivity index (χ1n) is 10.6. The number of benzene rings is 2. The fourth-order valence-electron chi connectivity index (χ4n) is 4.05. The summed E-state index contributed by atoms with van der Waals surface area (Å²) >= 11 is 6.12. The van der Waals surface area contributed by atoms with Gasteiger partial charge in [0.1, 0.15) is 5.65 Å². The fourth-order valence-corrected chi connectivity index (χ4v) is 4.18. The van der Waals surface area contributed by atoms with Crippen LogP contribution < -0.4 is 5.73 Å². The Kier molecular flexibility index (Phi) is 5.66. The van der Waals surface area contributed by atoms with Gasteiger partial charge in [-0.3, -0.25) is 9.69 Å². The molecule has 1 saturated heterocycles. The van der Waals surface area contributed by atoms with Crippen LogP contribution in [-0.2, 0) is 11.3 Å². The summed E-state index contributed by atoms with van der Waals surface area (Å²) in [5.41, 5.74) is 11.9. The molecule has 0 radical (unpaired) electrons. The molecule has 1 aliphatic heterocycles. The van der Waals surface area contributed by atoms with Crippen LogP contribution in [0.2, 0.25) is 5.02 Å². The summed E-state index contributed by atoms with van der Waals surface area (Å²) in [5.74, 6) is -0.429. The van der Waals surface area contributed by atoms with E-state index in [0.29, 0.717) is 10.6 Å². The second-order valence-electron chi connectivity index (χ2n) is 7.89. The molecule has 7 heteroatoms. The van der Waals surface area contributed by atoms with Gasteiger partial charge in [0.05, 0.1) is 24.6 Å². The number of nitrogens with two attached hydrogens (primary N) is 1. The number of ether oxygens (including phenoxy) is 1. The van der Waals surface area contributed by atoms with Gasteiger partial charge in [0.2, 0.25) is 5.91 Å². The van der Waals surface area contributed by atoms with E-state index in [0.717, 1.165) is 66.6 Å². The third-order valence-electron chi connectivity index (χ3n) is 5.81. The van der Waals surface area contributed by atoms with Gasteiger partial charge in [-0.25, -0.2) is 4.98 Å². The minimum absolute atomic E-state index is 0.429. The monoisotopic (exact) mass is 446 g/mol. The molecule has 2 aromatic carbocycles. The Hall–Kier alpha value is -3.19. The van der Waals surface area contributed by atoms with Crippen LogP contribution in [0, 0.1) is 0 Å². The first-order chi connectivity index (χ1) is 15.6. The number of hydrogen-bond donors (Lipinski definition) is 1. The lowest BCUT2D eigenvalue weighted by atomic mass is 10.1. The first-order valence-corrected chi connectivity index (χ1v) is 10.9. The molecule has 0 atom stereocenters. The SMILES string of the molecule is NC(=O)c1ccc(-c2ccc3nc(-c4ccc(Cl)cc4)c(CN4CCOCC4)n3c2)cc1. The molecular formula is C25H23ClN4O2. The van der Waals surface area contributed by atoms with Crippen molar-refractivity contribution < 1.29 is 9.53 Å². The minimum atomic E-state index is -0.429. The maximum absolute atomic E-state index is 11.4. The van der Waals surface area contributed by atoms with E-state index in [9.17, 15) is 4.79 Å². The van der Waals surface area contributed by atoms with Crippen LogP contribution in [0.3, 0.4) is 0 Å². The summed E-state index contributed by atoms with van der Waals surface area (Å²) in [5, 5.41) is 0.703. The van der Waals surface area contributed by atoms with Gasteiger partial charge < -0.3 is 14.9 Å². The summed E-state index contributed by atoms with van der Waals surface area (Å²) in [6.45, 7) is 4.03. The van der Waals surface area contributed by atoms with Crippen molar-refractivity contribution in [2.75, 3.05) is 26.3 Å². The second-order valence-corrected chi connectivity index (χ2v) is 8.33. The molecule has 162 valence electrons. The van der Waals surface area contributed by atoms with Gasteiger partial charge in [-0.1, -0.05) is 35.9 Å². The molecule has 2 N–H and O–H groups in total. The molecule has 0 saturated carbocycles.